The fourth-order valence-corrected chi connectivity index (χ4v) is 2.66. The number of benzene rings is 2. The van der Waals surface area contributed by atoms with Gasteiger partial charge < -0.3 is 9.47 Å². The zero-order valence-corrected chi connectivity index (χ0v) is 15.2. The van der Waals surface area contributed by atoms with Crippen molar-refractivity contribution in [3.05, 3.63) is 71.3 Å². The van der Waals surface area contributed by atoms with Gasteiger partial charge in [0, 0.05) is 11.1 Å². The molecule has 8 heteroatoms. The molecule has 0 aliphatic carbocycles. The number of nitrogens with zero attached hydrogens (tertiary/aromatic N) is 2. The van der Waals surface area contributed by atoms with Crippen LogP contribution in [0.15, 0.2) is 64.6 Å². The summed E-state index contributed by atoms with van der Waals surface area (Å²) >= 11 is 0. The summed E-state index contributed by atoms with van der Waals surface area (Å²) in [6.07, 6.45) is -5.16. The van der Waals surface area contributed by atoms with Crippen molar-refractivity contribution in [2.45, 2.75) is 25.7 Å². The highest BCUT2D eigenvalue weighted by Crippen LogP contribution is 2.39. The highest BCUT2D eigenvalue weighted by Gasteiger charge is 2.67. The topological polar surface area (TPSA) is 60.2 Å². The van der Waals surface area contributed by atoms with Crippen LogP contribution in [-0.4, -0.2) is 36.2 Å². The molecule has 0 spiro atoms. The first-order valence-electron chi connectivity index (χ1n) is 8.51. The van der Waals surface area contributed by atoms with Gasteiger partial charge in [-0.15, -0.1) is 0 Å². The van der Waals surface area contributed by atoms with E-state index in [0.29, 0.717) is 11.1 Å². The molecule has 0 radical (unpaired) electrons. The van der Waals surface area contributed by atoms with Crippen molar-refractivity contribution in [3.8, 4) is 0 Å². The molecule has 0 aromatic heterocycles. The van der Waals surface area contributed by atoms with Crippen molar-refractivity contribution in [1.29, 1.82) is 0 Å². The Hall–Kier alpha value is -3.16. The molecule has 2 aromatic rings. The molecule has 1 heterocycles. The van der Waals surface area contributed by atoms with Crippen molar-refractivity contribution >= 4 is 17.7 Å². The smallest absolute Gasteiger partial charge is 0.461 e. The molecular weight excluding hydrogens is 373 g/mol. The van der Waals surface area contributed by atoms with E-state index >= 15 is 0 Å². The van der Waals surface area contributed by atoms with Gasteiger partial charge in [0.25, 0.3) is 0 Å². The molecule has 5 nitrogen and oxygen atoms in total. The summed E-state index contributed by atoms with van der Waals surface area (Å²) in [5, 5.41) is 0. The number of aliphatic imine (C=N–C) groups is 2. The van der Waals surface area contributed by atoms with Crippen molar-refractivity contribution in [3.63, 3.8) is 0 Å². The Bertz CT molecular complexity index is 939. The minimum atomic E-state index is -5.16. The first-order chi connectivity index (χ1) is 13.3. The summed E-state index contributed by atoms with van der Waals surface area (Å²) in [7, 11) is 0. The Morgan fingerprint density at radius 3 is 2.36 bits per heavy atom. The third-order valence-corrected chi connectivity index (χ3v) is 4.06. The number of ether oxygens (including phenoxy) is 2. The van der Waals surface area contributed by atoms with Gasteiger partial charge in [-0.25, -0.2) is 9.79 Å². The van der Waals surface area contributed by atoms with E-state index < -0.39 is 17.9 Å². The molecule has 1 aliphatic rings. The van der Waals surface area contributed by atoms with Crippen LogP contribution < -0.4 is 0 Å². The summed E-state index contributed by atoms with van der Waals surface area (Å²) in [5.41, 5.74) is -2.24. The maximum Gasteiger partial charge on any atom is 0.463 e. The lowest BCUT2D eigenvalue weighted by molar-refractivity contribution is -0.255. The molecule has 0 N–H and O–H groups in total. The van der Waals surface area contributed by atoms with E-state index in [-0.39, 0.29) is 23.9 Å². The number of amidine groups is 1. The molecule has 1 aliphatic heterocycles. The van der Waals surface area contributed by atoms with Crippen LogP contribution in [0.2, 0.25) is 0 Å². The van der Waals surface area contributed by atoms with Crippen LogP contribution in [0.5, 0.6) is 0 Å². The largest absolute Gasteiger partial charge is 0.463 e. The van der Waals surface area contributed by atoms with Gasteiger partial charge in [-0.2, -0.15) is 18.2 Å². The number of alkyl halides is 3. The Morgan fingerprint density at radius 2 is 1.75 bits per heavy atom. The lowest BCUT2D eigenvalue weighted by Gasteiger charge is -2.33. The molecule has 3 rings (SSSR count). The fourth-order valence-electron chi connectivity index (χ4n) is 2.66. The van der Waals surface area contributed by atoms with E-state index in [1.165, 1.54) is 19.1 Å². The summed E-state index contributed by atoms with van der Waals surface area (Å²) in [4.78, 5) is 20.2. The first-order valence-corrected chi connectivity index (χ1v) is 8.51. The van der Waals surface area contributed by atoms with Gasteiger partial charge in [0.05, 0.1) is 6.61 Å². The molecule has 28 heavy (non-hydrogen) atoms. The van der Waals surface area contributed by atoms with Crippen LogP contribution in [0.3, 0.4) is 0 Å². The SMILES string of the molecule is CCOC(=O)C1(C(F)(F)F)N=C(c2ccccc2C)N=C(c2ccccc2)O1. The van der Waals surface area contributed by atoms with Gasteiger partial charge in [-0.3, -0.25) is 0 Å². The van der Waals surface area contributed by atoms with Crippen LogP contribution in [0.4, 0.5) is 13.2 Å². The number of esters is 1. The van der Waals surface area contributed by atoms with Gasteiger partial charge in [0.2, 0.25) is 5.90 Å². The first kappa shape index (κ1) is 19.6. The minimum absolute atomic E-state index is 0.256. The van der Waals surface area contributed by atoms with Crippen molar-refractivity contribution in [2.75, 3.05) is 6.61 Å². The van der Waals surface area contributed by atoms with Gasteiger partial charge in [0.1, 0.15) is 0 Å². The normalized spacial score (nSPS) is 19.3. The number of carbonyl (C=O) groups excluding carboxylic acids is 1. The third-order valence-electron chi connectivity index (χ3n) is 4.06. The average Bonchev–Trinajstić information content (AvgIpc) is 2.68. The number of hydrogen-bond acceptors (Lipinski definition) is 5. The standard InChI is InChI=1S/C20H17F3N2O3/c1-3-27-18(26)19(20(21,22)23)25-16(15-12-8-7-9-13(15)2)24-17(28-19)14-10-5-4-6-11-14/h4-12H,3H2,1-2H3. The average molecular weight is 390 g/mol. The highest BCUT2D eigenvalue weighted by atomic mass is 19.4. The van der Waals surface area contributed by atoms with Gasteiger partial charge in [0.15, 0.2) is 5.84 Å². The monoisotopic (exact) mass is 390 g/mol. The molecule has 146 valence electrons. The molecule has 0 fully saturated rings. The van der Waals surface area contributed by atoms with Crippen LogP contribution >= 0.6 is 0 Å². The maximum atomic E-state index is 14.1. The van der Waals surface area contributed by atoms with E-state index in [1.54, 1.807) is 49.4 Å². The van der Waals surface area contributed by atoms with Crippen molar-refractivity contribution in [2.24, 2.45) is 9.98 Å². The van der Waals surface area contributed by atoms with E-state index in [4.69, 9.17) is 4.74 Å². The van der Waals surface area contributed by atoms with E-state index in [0.717, 1.165) is 0 Å². The van der Waals surface area contributed by atoms with Crippen LogP contribution in [0, 0.1) is 6.92 Å². The number of hydrogen-bond donors (Lipinski definition) is 0. The van der Waals surface area contributed by atoms with E-state index in [2.05, 4.69) is 14.7 Å². The Labute approximate surface area is 159 Å². The number of halogens is 3. The Balaban J connectivity index is 2.25. The number of carbonyl (C=O) groups is 1. The maximum absolute atomic E-state index is 14.1. The predicted molar refractivity (Wildman–Crippen MR) is 97.2 cm³/mol. The molecule has 1 unspecified atom stereocenters. The third kappa shape index (κ3) is 3.49. The predicted octanol–water partition coefficient (Wildman–Crippen LogP) is 4.04. The molecule has 0 saturated carbocycles. The molecular formula is C20H17F3N2O3. The van der Waals surface area contributed by atoms with E-state index in [1.807, 2.05) is 0 Å². The summed E-state index contributed by atoms with van der Waals surface area (Å²) in [5.74, 6) is -2.26. The van der Waals surface area contributed by atoms with Gasteiger partial charge >= 0.3 is 17.9 Å². The zero-order valence-electron chi connectivity index (χ0n) is 15.2. The zero-order chi connectivity index (χ0) is 20.4. The quantitative estimate of drug-likeness (QED) is 0.741. The summed E-state index contributed by atoms with van der Waals surface area (Å²) < 4.78 is 51.9. The highest BCUT2D eigenvalue weighted by molar-refractivity contribution is 6.13. The lowest BCUT2D eigenvalue weighted by atomic mass is 10.1. The fraction of sp³-hybridized carbons (Fsp3) is 0.250. The molecule has 2 aromatic carbocycles. The number of rotatable bonds is 4. The van der Waals surface area contributed by atoms with Crippen molar-refractivity contribution in [1.82, 2.24) is 0 Å². The second kappa shape index (κ2) is 7.46. The minimum Gasteiger partial charge on any atom is -0.461 e. The summed E-state index contributed by atoms with van der Waals surface area (Å²) in [6.45, 7) is 2.86. The lowest BCUT2D eigenvalue weighted by Crippen LogP contribution is -2.56. The second-order valence-electron chi connectivity index (χ2n) is 6.00. The van der Waals surface area contributed by atoms with Crippen molar-refractivity contribution < 1.29 is 27.4 Å². The molecule has 0 saturated heterocycles. The van der Waals surface area contributed by atoms with Gasteiger partial charge in [-0.05, 0) is 31.5 Å². The Kier molecular flexibility index (Phi) is 5.22. The van der Waals surface area contributed by atoms with E-state index in [9.17, 15) is 18.0 Å². The molecule has 0 bridgehead atoms. The summed E-state index contributed by atoms with van der Waals surface area (Å²) in [6, 6.07) is 14.7. The van der Waals surface area contributed by atoms with Crippen LogP contribution in [0.1, 0.15) is 23.6 Å². The molecule has 1 atom stereocenters. The van der Waals surface area contributed by atoms with Gasteiger partial charge in [-0.1, -0.05) is 42.5 Å². The molecule has 0 amide bonds. The van der Waals surface area contributed by atoms with Crippen LogP contribution in [-0.2, 0) is 14.3 Å². The Morgan fingerprint density at radius 1 is 1.11 bits per heavy atom. The number of aryl methyl sites for hydroxylation is 1. The second-order valence-corrected chi connectivity index (χ2v) is 6.00. The van der Waals surface area contributed by atoms with Crippen LogP contribution in [0.25, 0.3) is 0 Å².